The Morgan fingerprint density at radius 3 is 2.20 bits per heavy atom. The molecule has 0 bridgehead atoms. The average Bonchev–Trinajstić information content (AvgIpc) is 3.27. The first-order chi connectivity index (χ1) is 17.0. The molecule has 35 heavy (non-hydrogen) atoms. The van der Waals surface area contributed by atoms with Crippen molar-refractivity contribution in [2.45, 2.75) is 0 Å². The van der Waals surface area contributed by atoms with Gasteiger partial charge in [-0.2, -0.15) is 0 Å². The van der Waals surface area contributed by atoms with Gasteiger partial charge in [0.15, 0.2) is 0 Å². The molecule has 1 aromatic heterocycles. The van der Waals surface area contributed by atoms with Crippen LogP contribution in [0.25, 0.3) is 11.0 Å². The fraction of sp³-hybridized carbons (Fsp3) is 0.154. The van der Waals surface area contributed by atoms with Crippen LogP contribution in [0.3, 0.4) is 0 Å². The molecule has 0 spiro atoms. The van der Waals surface area contributed by atoms with Gasteiger partial charge in [-0.25, -0.2) is 0 Å². The Kier molecular flexibility index (Phi) is 5.88. The van der Waals surface area contributed by atoms with E-state index in [-0.39, 0.29) is 22.9 Å². The van der Waals surface area contributed by atoms with Crippen molar-refractivity contribution in [3.05, 3.63) is 100 Å². The molecule has 1 fully saturated rings. The number of rotatable bonds is 5. The number of non-ortho nitro benzene ring substituents is 1. The van der Waals surface area contributed by atoms with E-state index >= 15 is 0 Å². The van der Waals surface area contributed by atoms with Gasteiger partial charge < -0.3 is 19.5 Å². The summed E-state index contributed by atoms with van der Waals surface area (Å²) in [5.74, 6) is -0.725. The summed E-state index contributed by atoms with van der Waals surface area (Å²) in [5.41, 5.74) is 2.01. The molecule has 0 radical (unpaired) electrons. The number of nitro benzene ring substituents is 1. The molecule has 2 heterocycles. The zero-order chi connectivity index (χ0) is 24.4. The molecule has 9 heteroatoms. The maximum absolute atomic E-state index is 13.5. The van der Waals surface area contributed by atoms with Gasteiger partial charge in [0, 0.05) is 54.9 Å². The number of carbonyl (C=O) groups excluding carboxylic acids is 2. The van der Waals surface area contributed by atoms with Crippen LogP contribution in [0.4, 0.5) is 17.1 Å². The van der Waals surface area contributed by atoms with E-state index in [1.165, 1.54) is 24.3 Å². The van der Waals surface area contributed by atoms with Crippen molar-refractivity contribution in [2.75, 3.05) is 36.4 Å². The quantitative estimate of drug-likeness (QED) is 0.338. The van der Waals surface area contributed by atoms with Crippen molar-refractivity contribution in [3.63, 3.8) is 0 Å². The number of hydrogen-bond acceptors (Lipinski definition) is 6. The lowest BCUT2D eigenvalue weighted by Crippen LogP contribution is -2.48. The lowest BCUT2D eigenvalue weighted by molar-refractivity contribution is -0.384. The molecule has 1 aliphatic heterocycles. The van der Waals surface area contributed by atoms with E-state index in [9.17, 15) is 19.7 Å². The predicted octanol–water partition coefficient (Wildman–Crippen LogP) is 4.56. The van der Waals surface area contributed by atoms with E-state index in [1.807, 2.05) is 30.3 Å². The van der Waals surface area contributed by atoms with Crippen LogP contribution < -0.4 is 10.2 Å². The fourth-order valence-corrected chi connectivity index (χ4v) is 4.19. The van der Waals surface area contributed by atoms with Crippen molar-refractivity contribution in [1.82, 2.24) is 4.90 Å². The Morgan fingerprint density at radius 1 is 0.857 bits per heavy atom. The number of para-hydroxylation sites is 2. The molecule has 0 aliphatic carbocycles. The summed E-state index contributed by atoms with van der Waals surface area (Å²) < 4.78 is 5.90. The summed E-state index contributed by atoms with van der Waals surface area (Å²) in [6, 6.07) is 22.4. The van der Waals surface area contributed by atoms with Gasteiger partial charge in [0.05, 0.1) is 4.92 Å². The molecule has 0 atom stereocenters. The van der Waals surface area contributed by atoms with Gasteiger partial charge in [-0.3, -0.25) is 19.7 Å². The molecular weight excluding hydrogens is 448 g/mol. The number of nitrogens with zero attached hydrogens (tertiary/aromatic N) is 3. The van der Waals surface area contributed by atoms with E-state index in [0.717, 1.165) is 5.69 Å². The molecule has 176 valence electrons. The zero-order valence-corrected chi connectivity index (χ0v) is 18.7. The first-order valence-electron chi connectivity index (χ1n) is 11.2. The number of hydrogen-bond donors (Lipinski definition) is 1. The number of nitrogens with one attached hydrogen (secondary N) is 1. The van der Waals surface area contributed by atoms with Crippen LogP contribution in [0.15, 0.2) is 83.3 Å². The molecule has 9 nitrogen and oxygen atoms in total. The Labute approximate surface area is 200 Å². The molecule has 3 aromatic carbocycles. The average molecular weight is 470 g/mol. The number of amides is 2. The van der Waals surface area contributed by atoms with Crippen LogP contribution in [0.2, 0.25) is 0 Å². The smallest absolute Gasteiger partial charge is 0.291 e. The number of nitro groups is 1. The van der Waals surface area contributed by atoms with E-state index in [2.05, 4.69) is 10.2 Å². The van der Waals surface area contributed by atoms with Crippen LogP contribution in [0, 0.1) is 10.1 Å². The van der Waals surface area contributed by atoms with Gasteiger partial charge in [-0.1, -0.05) is 30.3 Å². The maximum atomic E-state index is 13.5. The Morgan fingerprint density at radius 2 is 1.51 bits per heavy atom. The predicted molar refractivity (Wildman–Crippen MR) is 132 cm³/mol. The highest BCUT2D eigenvalue weighted by Gasteiger charge is 2.29. The fourth-order valence-electron chi connectivity index (χ4n) is 4.19. The van der Waals surface area contributed by atoms with E-state index in [1.54, 1.807) is 29.2 Å². The summed E-state index contributed by atoms with van der Waals surface area (Å²) in [6.07, 6.45) is 0. The highest BCUT2D eigenvalue weighted by atomic mass is 16.6. The molecule has 1 N–H and O–H groups in total. The molecule has 4 aromatic rings. The lowest BCUT2D eigenvalue weighted by Gasteiger charge is -2.35. The summed E-state index contributed by atoms with van der Waals surface area (Å²) in [7, 11) is 0. The monoisotopic (exact) mass is 470 g/mol. The van der Waals surface area contributed by atoms with E-state index < -0.39 is 10.8 Å². The van der Waals surface area contributed by atoms with Crippen molar-refractivity contribution in [2.24, 2.45) is 0 Å². The van der Waals surface area contributed by atoms with E-state index in [0.29, 0.717) is 42.8 Å². The van der Waals surface area contributed by atoms with Gasteiger partial charge in [0.25, 0.3) is 17.5 Å². The first kappa shape index (κ1) is 22.1. The lowest BCUT2D eigenvalue weighted by atomic mass is 10.1. The topological polar surface area (TPSA) is 109 Å². The normalized spacial score (nSPS) is 13.6. The van der Waals surface area contributed by atoms with Crippen LogP contribution in [-0.4, -0.2) is 47.8 Å². The van der Waals surface area contributed by atoms with Gasteiger partial charge >= 0.3 is 0 Å². The zero-order valence-electron chi connectivity index (χ0n) is 18.7. The summed E-state index contributed by atoms with van der Waals surface area (Å²) in [6.45, 7) is 2.39. The summed E-state index contributed by atoms with van der Waals surface area (Å²) >= 11 is 0. The van der Waals surface area contributed by atoms with Crippen molar-refractivity contribution in [3.8, 4) is 0 Å². The largest absolute Gasteiger partial charge is 0.449 e. The van der Waals surface area contributed by atoms with Gasteiger partial charge in [-0.05, 0) is 36.4 Å². The summed E-state index contributed by atoms with van der Waals surface area (Å²) in [4.78, 5) is 40.7. The molecular formula is C26H22N4O5. The van der Waals surface area contributed by atoms with Gasteiger partial charge in [0.1, 0.15) is 11.3 Å². The first-order valence-corrected chi connectivity index (χ1v) is 11.2. The third-order valence-electron chi connectivity index (χ3n) is 6.06. The number of piperazine rings is 1. The van der Waals surface area contributed by atoms with Crippen LogP contribution in [-0.2, 0) is 0 Å². The molecule has 5 rings (SSSR count). The Balaban J connectivity index is 1.38. The number of fused-ring (bicyclic) bond motifs is 1. The minimum atomic E-state index is -0.528. The van der Waals surface area contributed by atoms with Crippen molar-refractivity contribution >= 4 is 39.8 Å². The van der Waals surface area contributed by atoms with E-state index in [4.69, 9.17) is 4.42 Å². The van der Waals surface area contributed by atoms with Crippen LogP contribution >= 0.6 is 0 Å². The SMILES string of the molecule is O=C(Nc1c(C(=O)N2CCN(c3ccccc3)CC2)oc2ccccc12)c1ccc([N+](=O)[O-])cc1. The third kappa shape index (κ3) is 4.43. The van der Waals surface area contributed by atoms with Crippen LogP contribution in [0.5, 0.6) is 0 Å². The maximum Gasteiger partial charge on any atom is 0.291 e. The van der Waals surface area contributed by atoms with Crippen molar-refractivity contribution in [1.29, 1.82) is 0 Å². The van der Waals surface area contributed by atoms with Crippen molar-refractivity contribution < 1.29 is 18.9 Å². The Hall–Kier alpha value is -4.66. The molecule has 0 saturated carbocycles. The number of benzene rings is 3. The van der Waals surface area contributed by atoms with Gasteiger partial charge in [0.2, 0.25) is 5.76 Å². The minimum Gasteiger partial charge on any atom is -0.449 e. The Bertz CT molecular complexity index is 1390. The second kappa shape index (κ2) is 9.30. The second-order valence-electron chi connectivity index (χ2n) is 8.18. The molecule has 1 aliphatic rings. The summed E-state index contributed by atoms with van der Waals surface area (Å²) in [5, 5.41) is 14.3. The highest BCUT2D eigenvalue weighted by molar-refractivity contribution is 6.14. The number of furan rings is 1. The molecule has 2 amide bonds. The van der Waals surface area contributed by atoms with Gasteiger partial charge in [-0.15, -0.1) is 0 Å². The molecule has 0 unspecified atom stereocenters. The third-order valence-corrected chi connectivity index (χ3v) is 6.06. The minimum absolute atomic E-state index is 0.0645. The highest BCUT2D eigenvalue weighted by Crippen LogP contribution is 2.32. The second-order valence-corrected chi connectivity index (χ2v) is 8.18. The van der Waals surface area contributed by atoms with Crippen LogP contribution in [0.1, 0.15) is 20.9 Å². The number of anilines is 2. The standard InChI is InChI=1S/C26H22N4O5/c31-25(18-10-12-20(13-11-18)30(33)34)27-23-21-8-4-5-9-22(21)35-24(23)26(32)29-16-14-28(15-17-29)19-6-2-1-3-7-19/h1-13H,14-17H2,(H,27,31). The number of carbonyl (C=O) groups is 2. The molecule has 1 saturated heterocycles.